The van der Waals surface area contributed by atoms with Crippen molar-refractivity contribution in [3.05, 3.63) is 34.9 Å². The number of hydrogen-bond donors (Lipinski definition) is 1. The van der Waals surface area contributed by atoms with Crippen molar-refractivity contribution in [2.45, 2.75) is 18.9 Å². The van der Waals surface area contributed by atoms with Gasteiger partial charge in [0.15, 0.2) is 0 Å². The molecular formula is C14H17ClN2O. The first-order valence-electron chi connectivity index (χ1n) is 6.46. The van der Waals surface area contributed by atoms with Gasteiger partial charge in [-0.15, -0.1) is 0 Å². The molecule has 3 nitrogen and oxygen atoms in total. The molecule has 96 valence electrons. The molecule has 0 radical (unpaired) electrons. The Balaban J connectivity index is 1.78. The van der Waals surface area contributed by atoms with Crippen LogP contribution in [0, 0.1) is 11.8 Å². The lowest BCUT2D eigenvalue weighted by Crippen LogP contribution is -2.33. The van der Waals surface area contributed by atoms with Crippen LogP contribution in [0.15, 0.2) is 24.3 Å². The second kappa shape index (κ2) is 4.56. The molecule has 0 unspecified atom stereocenters. The van der Waals surface area contributed by atoms with Crippen LogP contribution in [0.4, 0.5) is 0 Å². The Kier molecular flexibility index (Phi) is 3.04. The fraction of sp³-hybridized carbons (Fsp3) is 0.500. The van der Waals surface area contributed by atoms with E-state index in [1.54, 1.807) is 12.1 Å². The zero-order valence-electron chi connectivity index (χ0n) is 10.2. The van der Waals surface area contributed by atoms with Crippen LogP contribution in [0.3, 0.4) is 0 Å². The number of fused-ring (bicyclic) bond motifs is 1. The summed E-state index contributed by atoms with van der Waals surface area (Å²) >= 11 is 6.07. The van der Waals surface area contributed by atoms with Crippen molar-refractivity contribution >= 4 is 17.5 Å². The number of amides is 1. The molecule has 1 aromatic carbocycles. The third-order valence-electron chi connectivity index (χ3n) is 4.30. The molecule has 1 heterocycles. The number of halogens is 1. The van der Waals surface area contributed by atoms with Crippen LogP contribution in [-0.4, -0.2) is 29.9 Å². The van der Waals surface area contributed by atoms with E-state index in [0.29, 0.717) is 22.4 Å². The van der Waals surface area contributed by atoms with Gasteiger partial charge in [-0.1, -0.05) is 23.7 Å². The summed E-state index contributed by atoms with van der Waals surface area (Å²) in [5, 5.41) is 0.531. The molecule has 18 heavy (non-hydrogen) atoms. The van der Waals surface area contributed by atoms with Gasteiger partial charge in [0.05, 0.1) is 10.6 Å². The summed E-state index contributed by atoms with van der Waals surface area (Å²) in [6, 6.07) is 7.50. The third kappa shape index (κ3) is 1.91. The van der Waals surface area contributed by atoms with Gasteiger partial charge in [-0.3, -0.25) is 4.79 Å². The van der Waals surface area contributed by atoms with Crippen LogP contribution in [0.1, 0.15) is 23.2 Å². The Bertz CT molecular complexity index is 477. The molecule has 3 rings (SSSR count). The summed E-state index contributed by atoms with van der Waals surface area (Å²) in [7, 11) is 0. The quantitative estimate of drug-likeness (QED) is 0.845. The van der Waals surface area contributed by atoms with E-state index in [2.05, 4.69) is 0 Å². The van der Waals surface area contributed by atoms with Crippen LogP contribution < -0.4 is 5.73 Å². The van der Waals surface area contributed by atoms with Crippen molar-refractivity contribution in [3.63, 3.8) is 0 Å². The maximum atomic E-state index is 12.4. The summed E-state index contributed by atoms with van der Waals surface area (Å²) in [5.41, 5.74) is 6.69. The van der Waals surface area contributed by atoms with E-state index in [0.717, 1.165) is 25.9 Å². The standard InChI is InChI=1S/C14H17ClN2O/c15-12-4-2-1-3-10(12)14(18)17-7-9-5-6-13(16)11(9)8-17/h1-4,9,11,13H,5-8,16H2/t9-,11+,13-/m1/s1. The molecule has 1 saturated heterocycles. The van der Waals surface area contributed by atoms with Gasteiger partial charge in [-0.25, -0.2) is 0 Å². The molecule has 0 spiro atoms. The molecule has 3 atom stereocenters. The maximum absolute atomic E-state index is 12.4. The fourth-order valence-corrected chi connectivity index (χ4v) is 3.49. The molecule has 1 aliphatic heterocycles. The Morgan fingerprint density at radius 3 is 2.78 bits per heavy atom. The molecule has 0 aromatic heterocycles. The minimum atomic E-state index is 0.0437. The molecular weight excluding hydrogens is 248 g/mol. The molecule has 1 amide bonds. The molecule has 1 saturated carbocycles. The van der Waals surface area contributed by atoms with Crippen molar-refractivity contribution in [2.75, 3.05) is 13.1 Å². The van der Waals surface area contributed by atoms with Gasteiger partial charge in [-0.2, -0.15) is 0 Å². The van der Waals surface area contributed by atoms with Crippen LogP contribution in [-0.2, 0) is 0 Å². The molecule has 4 heteroatoms. The number of carbonyl (C=O) groups excluding carboxylic acids is 1. The number of carbonyl (C=O) groups is 1. The molecule has 1 aromatic rings. The summed E-state index contributed by atoms with van der Waals surface area (Å²) in [6.07, 6.45) is 2.25. The lowest BCUT2D eigenvalue weighted by molar-refractivity contribution is 0.0780. The van der Waals surface area contributed by atoms with E-state index < -0.39 is 0 Å². The van der Waals surface area contributed by atoms with Crippen LogP contribution >= 0.6 is 11.6 Å². The van der Waals surface area contributed by atoms with Crippen molar-refractivity contribution < 1.29 is 4.79 Å². The van der Waals surface area contributed by atoms with E-state index in [-0.39, 0.29) is 11.9 Å². The molecule has 2 N–H and O–H groups in total. The monoisotopic (exact) mass is 264 g/mol. The summed E-state index contributed by atoms with van der Waals surface area (Å²) in [5.74, 6) is 1.12. The average Bonchev–Trinajstić information content (AvgIpc) is 2.92. The average molecular weight is 265 g/mol. The van der Waals surface area contributed by atoms with Crippen molar-refractivity contribution in [1.82, 2.24) is 4.90 Å². The first-order valence-corrected chi connectivity index (χ1v) is 6.84. The number of likely N-dealkylation sites (tertiary alicyclic amines) is 1. The van der Waals surface area contributed by atoms with E-state index >= 15 is 0 Å². The second-order valence-electron chi connectivity index (χ2n) is 5.36. The largest absolute Gasteiger partial charge is 0.338 e. The summed E-state index contributed by atoms with van der Waals surface area (Å²) < 4.78 is 0. The van der Waals surface area contributed by atoms with Gasteiger partial charge >= 0.3 is 0 Å². The molecule has 2 fully saturated rings. The lowest BCUT2D eigenvalue weighted by atomic mass is 9.98. The topological polar surface area (TPSA) is 46.3 Å². The zero-order chi connectivity index (χ0) is 12.7. The lowest BCUT2D eigenvalue weighted by Gasteiger charge is -2.19. The predicted octanol–water partition coefficient (Wildman–Crippen LogP) is 2.15. The highest BCUT2D eigenvalue weighted by Crippen LogP contribution is 2.37. The SMILES string of the molecule is N[C@@H]1CC[C@@H]2CN(C(=O)c3ccccc3Cl)C[C@@H]21. The Morgan fingerprint density at radius 1 is 1.28 bits per heavy atom. The second-order valence-corrected chi connectivity index (χ2v) is 5.76. The zero-order valence-corrected chi connectivity index (χ0v) is 10.9. The predicted molar refractivity (Wildman–Crippen MR) is 71.5 cm³/mol. The molecule has 2 aliphatic rings. The highest BCUT2D eigenvalue weighted by atomic mass is 35.5. The Morgan fingerprint density at radius 2 is 2.06 bits per heavy atom. The highest BCUT2D eigenvalue weighted by molar-refractivity contribution is 6.33. The number of rotatable bonds is 1. The fourth-order valence-electron chi connectivity index (χ4n) is 3.28. The van der Waals surface area contributed by atoms with E-state index in [1.165, 1.54) is 0 Å². The highest BCUT2D eigenvalue weighted by Gasteiger charge is 2.42. The number of benzene rings is 1. The van der Waals surface area contributed by atoms with Crippen LogP contribution in [0.2, 0.25) is 5.02 Å². The van der Waals surface area contributed by atoms with Crippen LogP contribution in [0.25, 0.3) is 0 Å². The van der Waals surface area contributed by atoms with Gasteiger partial charge in [0.1, 0.15) is 0 Å². The van der Waals surface area contributed by atoms with E-state index in [4.69, 9.17) is 17.3 Å². The van der Waals surface area contributed by atoms with Gasteiger partial charge < -0.3 is 10.6 Å². The minimum Gasteiger partial charge on any atom is -0.338 e. The maximum Gasteiger partial charge on any atom is 0.255 e. The van der Waals surface area contributed by atoms with Crippen LogP contribution in [0.5, 0.6) is 0 Å². The van der Waals surface area contributed by atoms with Gasteiger partial charge in [0, 0.05) is 19.1 Å². The number of nitrogens with two attached hydrogens (primary N) is 1. The van der Waals surface area contributed by atoms with Gasteiger partial charge in [0.25, 0.3) is 5.91 Å². The number of nitrogens with zero attached hydrogens (tertiary/aromatic N) is 1. The van der Waals surface area contributed by atoms with E-state index in [1.807, 2.05) is 17.0 Å². The van der Waals surface area contributed by atoms with Gasteiger partial charge in [0.2, 0.25) is 0 Å². The summed E-state index contributed by atoms with van der Waals surface area (Å²) in [6.45, 7) is 1.62. The summed E-state index contributed by atoms with van der Waals surface area (Å²) in [4.78, 5) is 14.3. The van der Waals surface area contributed by atoms with Gasteiger partial charge in [-0.05, 0) is 36.8 Å². The number of hydrogen-bond acceptors (Lipinski definition) is 2. The minimum absolute atomic E-state index is 0.0437. The normalized spacial score (nSPS) is 30.6. The van der Waals surface area contributed by atoms with Crippen molar-refractivity contribution in [2.24, 2.45) is 17.6 Å². The molecule has 1 aliphatic carbocycles. The first-order chi connectivity index (χ1) is 8.66. The molecule has 0 bridgehead atoms. The smallest absolute Gasteiger partial charge is 0.255 e. The third-order valence-corrected chi connectivity index (χ3v) is 4.63. The van der Waals surface area contributed by atoms with Crippen molar-refractivity contribution in [1.29, 1.82) is 0 Å². The Labute approximate surface area is 112 Å². The first kappa shape index (κ1) is 12.0. The Hall–Kier alpha value is -1.06. The van der Waals surface area contributed by atoms with Crippen molar-refractivity contribution in [3.8, 4) is 0 Å². The van der Waals surface area contributed by atoms with E-state index in [9.17, 15) is 4.79 Å².